The lowest BCUT2D eigenvalue weighted by Gasteiger charge is -2.17. The van der Waals surface area contributed by atoms with Gasteiger partial charge >= 0.3 is 0 Å². The monoisotopic (exact) mass is 397 g/mol. The van der Waals surface area contributed by atoms with E-state index in [-0.39, 0.29) is 0 Å². The van der Waals surface area contributed by atoms with Crippen molar-refractivity contribution in [1.82, 2.24) is 0 Å². The first-order chi connectivity index (χ1) is 9.63. The number of ether oxygens (including phenoxy) is 1. The molecule has 0 saturated heterocycles. The van der Waals surface area contributed by atoms with Crippen LogP contribution in [0.25, 0.3) is 0 Å². The van der Waals surface area contributed by atoms with Gasteiger partial charge in [0.25, 0.3) is 0 Å². The van der Waals surface area contributed by atoms with E-state index >= 15 is 0 Å². The van der Waals surface area contributed by atoms with E-state index in [9.17, 15) is 0 Å². The van der Waals surface area contributed by atoms with E-state index in [0.717, 1.165) is 21.1 Å². The highest BCUT2D eigenvalue weighted by Crippen LogP contribution is 2.28. The zero-order chi connectivity index (χ0) is 14.5. The lowest BCUT2D eigenvalue weighted by molar-refractivity contribution is 0.414. The minimum Gasteiger partial charge on any atom is -0.497 e. The Bertz CT molecular complexity index is 569. The van der Waals surface area contributed by atoms with Crippen LogP contribution >= 0.6 is 31.9 Å². The average Bonchev–Trinajstić information content (AvgIpc) is 2.47. The Kier molecular flexibility index (Phi) is 5.64. The standard InChI is InChI=1S/C16H17Br2NO/c1-20-15-6-7-16(18)12(9-15)8-13(10-19)11-2-4-14(17)5-3-11/h2-7,9,13H,8,10,19H2,1H3. The molecule has 4 heteroatoms. The fraction of sp³-hybridized carbons (Fsp3) is 0.250. The molecule has 0 radical (unpaired) electrons. The quantitative estimate of drug-likeness (QED) is 0.804. The molecular weight excluding hydrogens is 382 g/mol. The highest BCUT2D eigenvalue weighted by molar-refractivity contribution is 9.10. The number of methoxy groups -OCH3 is 1. The van der Waals surface area contributed by atoms with E-state index in [0.29, 0.717) is 12.5 Å². The van der Waals surface area contributed by atoms with Crippen molar-refractivity contribution in [2.75, 3.05) is 13.7 Å². The molecular formula is C16H17Br2NO. The number of halogens is 2. The van der Waals surface area contributed by atoms with Gasteiger partial charge in [-0.25, -0.2) is 0 Å². The summed E-state index contributed by atoms with van der Waals surface area (Å²) in [5, 5.41) is 0. The average molecular weight is 399 g/mol. The maximum Gasteiger partial charge on any atom is 0.119 e. The van der Waals surface area contributed by atoms with Gasteiger partial charge in [0.2, 0.25) is 0 Å². The molecule has 0 aromatic heterocycles. The van der Waals surface area contributed by atoms with Crippen LogP contribution in [0.5, 0.6) is 5.75 Å². The predicted octanol–water partition coefficient (Wildman–Crippen LogP) is 4.51. The first-order valence-corrected chi connectivity index (χ1v) is 8.00. The zero-order valence-corrected chi connectivity index (χ0v) is 14.4. The van der Waals surface area contributed by atoms with E-state index in [1.807, 2.05) is 12.1 Å². The van der Waals surface area contributed by atoms with E-state index in [1.165, 1.54) is 11.1 Å². The lowest BCUT2D eigenvalue weighted by Crippen LogP contribution is -2.15. The van der Waals surface area contributed by atoms with E-state index in [4.69, 9.17) is 10.5 Å². The SMILES string of the molecule is COc1ccc(Br)c(CC(CN)c2ccc(Br)cc2)c1. The van der Waals surface area contributed by atoms with Crippen molar-refractivity contribution in [2.24, 2.45) is 5.73 Å². The van der Waals surface area contributed by atoms with Gasteiger partial charge in [0, 0.05) is 14.9 Å². The van der Waals surface area contributed by atoms with Gasteiger partial charge in [-0.2, -0.15) is 0 Å². The van der Waals surface area contributed by atoms with Crippen molar-refractivity contribution in [3.05, 3.63) is 62.5 Å². The second-order valence-corrected chi connectivity index (χ2v) is 6.42. The van der Waals surface area contributed by atoms with Crippen LogP contribution in [0.15, 0.2) is 51.4 Å². The summed E-state index contributed by atoms with van der Waals surface area (Å²) in [6.45, 7) is 0.616. The van der Waals surface area contributed by atoms with Crippen molar-refractivity contribution < 1.29 is 4.74 Å². The van der Waals surface area contributed by atoms with Crippen molar-refractivity contribution in [3.8, 4) is 5.75 Å². The topological polar surface area (TPSA) is 35.2 Å². The Morgan fingerprint density at radius 1 is 1.10 bits per heavy atom. The summed E-state index contributed by atoms with van der Waals surface area (Å²) < 4.78 is 7.46. The molecule has 2 N–H and O–H groups in total. The van der Waals surface area contributed by atoms with Crippen LogP contribution < -0.4 is 10.5 Å². The minimum atomic E-state index is 0.298. The molecule has 2 aromatic carbocycles. The van der Waals surface area contributed by atoms with Crippen LogP contribution in [0.2, 0.25) is 0 Å². The Balaban J connectivity index is 2.23. The number of rotatable bonds is 5. The molecule has 2 rings (SSSR count). The largest absolute Gasteiger partial charge is 0.497 e. The highest BCUT2D eigenvalue weighted by atomic mass is 79.9. The van der Waals surface area contributed by atoms with Gasteiger partial charge in [-0.3, -0.25) is 0 Å². The molecule has 106 valence electrons. The summed E-state index contributed by atoms with van der Waals surface area (Å²) >= 11 is 7.06. The molecule has 0 aliphatic rings. The molecule has 1 atom stereocenters. The Labute approximate surface area is 136 Å². The number of hydrogen-bond acceptors (Lipinski definition) is 2. The van der Waals surface area contributed by atoms with Crippen LogP contribution in [-0.4, -0.2) is 13.7 Å². The normalized spacial score (nSPS) is 12.2. The molecule has 0 spiro atoms. The molecule has 2 nitrogen and oxygen atoms in total. The summed E-state index contributed by atoms with van der Waals surface area (Å²) in [4.78, 5) is 0. The second-order valence-electron chi connectivity index (χ2n) is 4.65. The molecule has 0 heterocycles. The van der Waals surface area contributed by atoms with Crippen molar-refractivity contribution >= 4 is 31.9 Å². The van der Waals surface area contributed by atoms with Crippen molar-refractivity contribution in [3.63, 3.8) is 0 Å². The van der Waals surface area contributed by atoms with Crippen LogP contribution in [0.4, 0.5) is 0 Å². The summed E-state index contributed by atoms with van der Waals surface area (Å²) in [6.07, 6.45) is 0.885. The molecule has 0 bridgehead atoms. The molecule has 1 unspecified atom stereocenters. The van der Waals surface area contributed by atoms with Crippen molar-refractivity contribution in [2.45, 2.75) is 12.3 Å². The maximum absolute atomic E-state index is 5.95. The fourth-order valence-electron chi connectivity index (χ4n) is 2.17. The first-order valence-electron chi connectivity index (χ1n) is 6.42. The van der Waals surface area contributed by atoms with Gasteiger partial charge in [0.05, 0.1) is 7.11 Å². The Morgan fingerprint density at radius 3 is 2.40 bits per heavy atom. The van der Waals surface area contributed by atoms with Crippen LogP contribution in [0.1, 0.15) is 17.0 Å². The van der Waals surface area contributed by atoms with Crippen molar-refractivity contribution in [1.29, 1.82) is 0 Å². The number of hydrogen-bond donors (Lipinski definition) is 1. The summed E-state index contributed by atoms with van der Waals surface area (Å²) in [5.41, 5.74) is 8.42. The minimum absolute atomic E-state index is 0.298. The van der Waals surface area contributed by atoms with E-state index < -0.39 is 0 Å². The van der Waals surface area contributed by atoms with Gasteiger partial charge in [-0.1, -0.05) is 44.0 Å². The van der Waals surface area contributed by atoms with Crippen LogP contribution in [0.3, 0.4) is 0 Å². The van der Waals surface area contributed by atoms with E-state index in [1.54, 1.807) is 7.11 Å². The molecule has 0 amide bonds. The summed E-state index contributed by atoms with van der Waals surface area (Å²) in [7, 11) is 1.68. The molecule has 2 aromatic rings. The highest BCUT2D eigenvalue weighted by Gasteiger charge is 2.13. The third-order valence-electron chi connectivity index (χ3n) is 3.35. The lowest BCUT2D eigenvalue weighted by atomic mass is 9.92. The van der Waals surface area contributed by atoms with Gasteiger partial charge in [0.15, 0.2) is 0 Å². The van der Waals surface area contributed by atoms with Gasteiger partial charge < -0.3 is 10.5 Å². The summed E-state index contributed by atoms with van der Waals surface area (Å²) in [6, 6.07) is 14.4. The number of nitrogens with two attached hydrogens (primary N) is 1. The Morgan fingerprint density at radius 2 is 1.80 bits per heavy atom. The molecule has 20 heavy (non-hydrogen) atoms. The fourth-order valence-corrected chi connectivity index (χ4v) is 2.85. The second kappa shape index (κ2) is 7.25. The third-order valence-corrected chi connectivity index (χ3v) is 4.65. The maximum atomic E-state index is 5.95. The number of benzene rings is 2. The molecule has 0 fully saturated rings. The Hall–Kier alpha value is -0.840. The summed E-state index contributed by atoms with van der Waals surface area (Å²) in [5.74, 6) is 1.17. The zero-order valence-electron chi connectivity index (χ0n) is 11.3. The molecule has 0 saturated carbocycles. The third kappa shape index (κ3) is 3.84. The first kappa shape index (κ1) is 15.5. The van der Waals surface area contributed by atoms with Crippen LogP contribution in [0, 0.1) is 0 Å². The smallest absolute Gasteiger partial charge is 0.119 e. The van der Waals surface area contributed by atoms with Gasteiger partial charge in [-0.15, -0.1) is 0 Å². The van der Waals surface area contributed by atoms with E-state index in [2.05, 4.69) is 62.2 Å². The van der Waals surface area contributed by atoms with Gasteiger partial charge in [0.1, 0.15) is 5.75 Å². The molecule has 0 aliphatic carbocycles. The van der Waals surface area contributed by atoms with Crippen LogP contribution in [-0.2, 0) is 6.42 Å². The predicted molar refractivity (Wildman–Crippen MR) is 90.3 cm³/mol. The molecule has 0 aliphatic heterocycles. The van der Waals surface area contributed by atoms with Gasteiger partial charge in [-0.05, 0) is 54.4 Å².